The molecule has 1 atom stereocenters. The highest BCUT2D eigenvalue weighted by Crippen LogP contribution is 2.49. The second-order valence-electron chi connectivity index (χ2n) is 7.12. The van der Waals surface area contributed by atoms with E-state index < -0.39 is 0 Å². The van der Waals surface area contributed by atoms with Gasteiger partial charge >= 0.3 is 5.97 Å². The normalized spacial score (nSPS) is 22.9. The summed E-state index contributed by atoms with van der Waals surface area (Å²) in [5, 5.41) is 0. The van der Waals surface area contributed by atoms with Gasteiger partial charge in [0.15, 0.2) is 0 Å². The molecule has 2 aliphatic rings. The maximum absolute atomic E-state index is 11.5. The lowest BCUT2D eigenvalue weighted by Gasteiger charge is -2.32. The van der Waals surface area contributed by atoms with Gasteiger partial charge in [0, 0.05) is 22.8 Å². The van der Waals surface area contributed by atoms with Crippen LogP contribution >= 0.6 is 0 Å². The van der Waals surface area contributed by atoms with E-state index in [-0.39, 0.29) is 11.4 Å². The summed E-state index contributed by atoms with van der Waals surface area (Å²) in [5.74, 6) is 0.116. The topological polar surface area (TPSA) is 38.7 Å². The SMILES string of the molecule is COC(=O)/C=C/c1cc(C(C)C)cc2c1N=C1CCCCC12C. The molecule has 0 saturated heterocycles. The van der Waals surface area contributed by atoms with Gasteiger partial charge in [0.05, 0.1) is 12.8 Å². The van der Waals surface area contributed by atoms with Crippen LogP contribution in [0.4, 0.5) is 5.69 Å². The van der Waals surface area contributed by atoms with E-state index in [1.54, 1.807) is 0 Å². The van der Waals surface area contributed by atoms with Gasteiger partial charge in [-0.05, 0) is 48.4 Å². The van der Waals surface area contributed by atoms with E-state index in [9.17, 15) is 4.79 Å². The average Bonchev–Trinajstić information content (AvgIpc) is 2.84. The Hall–Kier alpha value is -1.90. The first-order valence-corrected chi connectivity index (χ1v) is 8.48. The third-order valence-electron chi connectivity index (χ3n) is 5.25. The van der Waals surface area contributed by atoms with Crippen LogP contribution in [0.25, 0.3) is 6.08 Å². The molecule has 0 amide bonds. The number of aliphatic imine (C=N–C) groups is 1. The molecule has 1 saturated carbocycles. The van der Waals surface area contributed by atoms with Crippen molar-refractivity contribution in [2.75, 3.05) is 7.11 Å². The molecule has 23 heavy (non-hydrogen) atoms. The zero-order valence-corrected chi connectivity index (χ0v) is 14.5. The second-order valence-corrected chi connectivity index (χ2v) is 7.12. The van der Waals surface area contributed by atoms with E-state index in [1.165, 1.54) is 49.3 Å². The van der Waals surface area contributed by atoms with E-state index in [0.29, 0.717) is 5.92 Å². The summed E-state index contributed by atoms with van der Waals surface area (Å²) < 4.78 is 4.72. The Morgan fingerprint density at radius 3 is 2.83 bits per heavy atom. The fraction of sp³-hybridized carbons (Fsp3) is 0.500. The van der Waals surface area contributed by atoms with Crippen LogP contribution in [0.3, 0.4) is 0 Å². The van der Waals surface area contributed by atoms with Crippen molar-refractivity contribution in [1.82, 2.24) is 0 Å². The van der Waals surface area contributed by atoms with Crippen LogP contribution in [-0.2, 0) is 14.9 Å². The van der Waals surface area contributed by atoms with Gasteiger partial charge in [0.1, 0.15) is 0 Å². The van der Waals surface area contributed by atoms with E-state index in [2.05, 4.69) is 32.9 Å². The van der Waals surface area contributed by atoms with Crippen LogP contribution < -0.4 is 0 Å². The lowest BCUT2D eigenvalue weighted by Crippen LogP contribution is -2.32. The van der Waals surface area contributed by atoms with Gasteiger partial charge in [0.25, 0.3) is 0 Å². The van der Waals surface area contributed by atoms with Gasteiger partial charge in [-0.25, -0.2) is 4.79 Å². The fourth-order valence-electron chi connectivity index (χ4n) is 3.71. The van der Waals surface area contributed by atoms with Crippen LogP contribution in [-0.4, -0.2) is 18.8 Å². The number of fused-ring (bicyclic) bond motifs is 3. The van der Waals surface area contributed by atoms with E-state index in [4.69, 9.17) is 9.73 Å². The molecule has 0 aromatic heterocycles. The minimum Gasteiger partial charge on any atom is -0.466 e. The third kappa shape index (κ3) is 2.73. The van der Waals surface area contributed by atoms with Gasteiger partial charge < -0.3 is 4.74 Å². The molecular formula is C20H25NO2. The van der Waals surface area contributed by atoms with Crippen molar-refractivity contribution >= 4 is 23.4 Å². The molecule has 1 aliphatic heterocycles. The number of esters is 1. The van der Waals surface area contributed by atoms with Gasteiger partial charge in [-0.2, -0.15) is 0 Å². The highest BCUT2D eigenvalue weighted by molar-refractivity contribution is 6.03. The van der Waals surface area contributed by atoms with Gasteiger partial charge in [-0.3, -0.25) is 4.99 Å². The molecule has 1 aliphatic carbocycles. The van der Waals surface area contributed by atoms with Crippen molar-refractivity contribution in [2.24, 2.45) is 4.99 Å². The highest BCUT2D eigenvalue weighted by atomic mass is 16.5. The van der Waals surface area contributed by atoms with E-state index in [0.717, 1.165) is 17.7 Å². The standard InChI is InChI=1S/C20H25NO2/c1-13(2)15-11-14(8-9-18(22)23-4)19-16(12-15)20(3)10-6-5-7-17(20)21-19/h8-9,11-13H,5-7,10H2,1-4H3/b9-8+. The van der Waals surface area contributed by atoms with Crippen LogP contribution in [0.2, 0.25) is 0 Å². The summed E-state index contributed by atoms with van der Waals surface area (Å²) in [6.45, 7) is 6.74. The van der Waals surface area contributed by atoms with Crippen LogP contribution in [0.15, 0.2) is 23.2 Å². The molecule has 3 heteroatoms. The first-order valence-electron chi connectivity index (χ1n) is 8.48. The Morgan fingerprint density at radius 2 is 2.13 bits per heavy atom. The van der Waals surface area contributed by atoms with E-state index in [1.807, 2.05) is 6.08 Å². The molecule has 0 radical (unpaired) electrons. The van der Waals surface area contributed by atoms with Crippen LogP contribution in [0.1, 0.15) is 69.1 Å². The molecule has 1 unspecified atom stereocenters. The highest BCUT2D eigenvalue weighted by Gasteiger charge is 2.41. The maximum atomic E-state index is 11.5. The monoisotopic (exact) mass is 311 g/mol. The summed E-state index contributed by atoms with van der Waals surface area (Å²) >= 11 is 0. The molecule has 0 N–H and O–H groups in total. The predicted octanol–water partition coefficient (Wildman–Crippen LogP) is 4.91. The average molecular weight is 311 g/mol. The number of carbonyl (C=O) groups excluding carboxylic acids is 1. The zero-order chi connectivity index (χ0) is 16.6. The minimum atomic E-state index is -0.331. The summed E-state index contributed by atoms with van der Waals surface area (Å²) in [6, 6.07) is 4.49. The van der Waals surface area contributed by atoms with Crippen molar-refractivity contribution in [3.63, 3.8) is 0 Å². The number of rotatable bonds is 3. The van der Waals surface area contributed by atoms with Gasteiger partial charge in [-0.15, -0.1) is 0 Å². The van der Waals surface area contributed by atoms with Crippen LogP contribution in [0.5, 0.6) is 0 Å². The van der Waals surface area contributed by atoms with Crippen molar-refractivity contribution in [2.45, 2.75) is 57.8 Å². The first-order chi connectivity index (χ1) is 11.0. The van der Waals surface area contributed by atoms with Crippen LogP contribution in [0, 0.1) is 0 Å². The number of nitrogens with zero attached hydrogens (tertiary/aromatic N) is 1. The Balaban J connectivity index is 2.14. The molecule has 1 fully saturated rings. The molecule has 1 aromatic rings. The molecule has 0 bridgehead atoms. The molecule has 122 valence electrons. The molecule has 3 nitrogen and oxygen atoms in total. The van der Waals surface area contributed by atoms with Gasteiger partial charge in [0.2, 0.25) is 0 Å². The maximum Gasteiger partial charge on any atom is 0.330 e. The summed E-state index contributed by atoms with van der Waals surface area (Å²) in [5.41, 5.74) is 6.10. The first kappa shape index (κ1) is 16.0. The van der Waals surface area contributed by atoms with Gasteiger partial charge in [-0.1, -0.05) is 33.3 Å². The van der Waals surface area contributed by atoms with Crippen molar-refractivity contribution in [3.8, 4) is 0 Å². The zero-order valence-electron chi connectivity index (χ0n) is 14.5. The molecule has 1 aromatic carbocycles. The predicted molar refractivity (Wildman–Crippen MR) is 94.5 cm³/mol. The molecule has 3 rings (SSSR count). The van der Waals surface area contributed by atoms with Crippen molar-refractivity contribution < 1.29 is 9.53 Å². The summed E-state index contributed by atoms with van der Waals surface area (Å²) in [6.07, 6.45) is 8.08. The number of hydrogen-bond donors (Lipinski definition) is 0. The quantitative estimate of drug-likeness (QED) is 0.587. The molecule has 0 spiro atoms. The minimum absolute atomic E-state index is 0.0757. The number of ether oxygens (including phenoxy) is 1. The second kappa shape index (κ2) is 5.95. The Labute approximate surface area is 138 Å². The number of hydrogen-bond acceptors (Lipinski definition) is 3. The van der Waals surface area contributed by atoms with E-state index >= 15 is 0 Å². The Bertz CT molecular complexity index is 700. The summed E-state index contributed by atoms with van der Waals surface area (Å²) in [4.78, 5) is 16.4. The molecule has 1 heterocycles. The third-order valence-corrected chi connectivity index (χ3v) is 5.25. The largest absolute Gasteiger partial charge is 0.466 e. The number of carbonyl (C=O) groups is 1. The summed E-state index contributed by atoms with van der Waals surface area (Å²) in [7, 11) is 1.40. The lowest BCUT2D eigenvalue weighted by atomic mass is 9.70. The number of benzene rings is 1. The lowest BCUT2D eigenvalue weighted by molar-refractivity contribution is -0.134. The smallest absolute Gasteiger partial charge is 0.330 e. The Morgan fingerprint density at radius 1 is 1.35 bits per heavy atom. The Kier molecular flexibility index (Phi) is 4.13. The fourth-order valence-corrected chi connectivity index (χ4v) is 3.71. The van der Waals surface area contributed by atoms with Crippen molar-refractivity contribution in [1.29, 1.82) is 0 Å². The van der Waals surface area contributed by atoms with Crippen molar-refractivity contribution in [3.05, 3.63) is 34.9 Å². The number of methoxy groups -OCH3 is 1. The molecular weight excluding hydrogens is 286 g/mol.